The molecule has 1 aliphatic carbocycles. The summed E-state index contributed by atoms with van der Waals surface area (Å²) in [4.78, 5) is 13.1. The van der Waals surface area contributed by atoms with E-state index in [2.05, 4.69) is 40.0 Å². The maximum atomic E-state index is 13.1. The van der Waals surface area contributed by atoms with E-state index in [9.17, 15) is 4.79 Å². The molecule has 2 aromatic carbocycles. The first-order chi connectivity index (χ1) is 15.8. The second kappa shape index (κ2) is 10.2. The van der Waals surface area contributed by atoms with E-state index in [0.717, 1.165) is 40.6 Å². The molecule has 0 saturated heterocycles. The van der Waals surface area contributed by atoms with Crippen LogP contribution in [-0.2, 0) is 11.4 Å². The normalized spacial score (nSPS) is 14.4. The Morgan fingerprint density at radius 2 is 1.94 bits per heavy atom. The van der Waals surface area contributed by atoms with Crippen LogP contribution in [0.5, 0.6) is 5.75 Å². The molecule has 8 heteroatoms. The maximum Gasteiger partial charge on any atom is 0.237 e. The number of nitrogens with zero attached hydrogens (tertiary/aromatic N) is 3. The van der Waals surface area contributed by atoms with E-state index in [0.29, 0.717) is 22.7 Å². The maximum absolute atomic E-state index is 13.1. The highest BCUT2D eigenvalue weighted by atomic mass is 35.5. The third-order valence-electron chi connectivity index (χ3n) is 5.67. The van der Waals surface area contributed by atoms with Gasteiger partial charge in [0.25, 0.3) is 0 Å². The molecule has 174 valence electrons. The molecular weight excluding hydrogens is 456 g/mol. The van der Waals surface area contributed by atoms with E-state index in [-0.39, 0.29) is 17.8 Å². The number of aromatic nitrogens is 3. The lowest BCUT2D eigenvalue weighted by Gasteiger charge is -2.18. The number of para-hydroxylation sites is 2. The van der Waals surface area contributed by atoms with Gasteiger partial charge in [0.05, 0.1) is 10.3 Å². The third kappa shape index (κ3) is 5.53. The van der Waals surface area contributed by atoms with E-state index >= 15 is 0 Å². The SMILES string of the molecule is Cc1cccc(C(C)C)c1NC(=O)C(C)Sc1nnc(COc2ccccc2Cl)n1C1CC1. The molecule has 1 heterocycles. The molecule has 1 fully saturated rings. The van der Waals surface area contributed by atoms with Crippen molar-refractivity contribution in [3.05, 3.63) is 64.4 Å². The lowest BCUT2D eigenvalue weighted by Crippen LogP contribution is -2.24. The van der Waals surface area contributed by atoms with Crippen molar-refractivity contribution < 1.29 is 9.53 Å². The fourth-order valence-electron chi connectivity index (χ4n) is 3.67. The van der Waals surface area contributed by atoms with Gasteiger partial charge in [0.2, 0.25) is 5.91 Å². The number of carbonyl (C=O) groups excluding carboxylic acids is 1. The molecule has 6 nitrogen and oxygen atoms in total. The van der Waals surface area contributed by atoms with Crippen molar-refractivity contribution in [1.82, 2.24) is 14.8 Å². The van der Waals surface area contributed by atoms with E-state index in [4.69, 9.17) is 16.3 Å². The third-order valence-corrected chi connectivity index (χ3v) is 7.04. The zero-order valence-electron chi connectivity index (χ0n) is 19.3. The van der Waals surface area contributed by atoms with Crippen LogP contribution in [0, 0.1) is 6.92 Å². The molecule has 1 amide bonds. The van der Waals surface area contributed by atoms with Gasteiger partial charge < -0.3 is 10.1 Å². The number of benzene rings is 2. The molecule has 1 N–H and O–H groups in total. The number of ether oxygens (including phenoxy) is 1. The summed E-state index contributed by atoms with van der Waals surface area (Å²) in [7, 11) is 0. The van der Waals surface area contributed by atoms with E-state index < -0.39 is 0 Å². The summed E-state index contributed by atoms with van der Waals surface area (Å²) in [5.41, 5.74) is 3.11. The zero-order chi connectivity index (χ0) is 23.5. The van der Waals surface area contributed by atoms with E-state index in [1.54, 1.807) is 6.07 Å². The van der Waals surface area contributed by atoms with Crippen molar-refractivity contribution in [1.29, 1.82) is 0 Å². The van der Waals surface area contributed by atoms with Gasteiger partial charge in [-0.05, 0) is 55.9 Å². The lowest BCUT2D eigenvalue weighted by molar-refractivity contribution is -0.115. The minimum Gasteiger partial charge on any atom is -0.484 e. The largest absolute Gasteiger partial charge is 0.484 e. The number of carbonyl (C=O) groups is 1. The van der Waals surface area contributed by atoms with Crippen molar-refractivity contribution in [2.75, 3.05) is 5.32 Å². The Balaban J connectivity index is 1.47. The van der Waals surface area contributed by atoms with Gasteiger partial charge in [-0.25, -0.2) is 0 Å². The van der Waals surface area contributed by atoms with Crippen LogP contribution in [0.2, 0.25) is 5.02 Å². The highest BCUT2D eigenvalue weighted by Gasteiger charge is 2.31. The van der Waals surface area contributed by atoms with Gasteiger partial charge in [0.15, 0.2) is 11.0 Å². The number of thioether (sulfide) groups is 1. The van der Waals surface area contributed by atoms with Crippen LogP contribution in [0.4, 0.5) is 5.69 Å². The molecule has 0 radical (unpaired) electrons. The Morgan fingerprint density at radius 3 is 2.64 bits per heavy atom. The first-order valence-electron chi connectivity index (χ1n) is 11.2. The summed E-state index contributed by atoms with van der Waals surface area (Å²) < 4.78 is 8.00. The standard InChI is InChI=1S/C25H29ClN4O2S/c1-15(2)19-9-7-8-16(3)23(19)27-24(31)17(4)33-25-29-28-22(30(25)18-12-13-18)14-32-21-11-6-5-10-20(21)26/h5-11,15,17-18H,12-14H2,1-4H3,(H,27,31). The lowest BCUT2D eigenvalue weighted by atomic mass is 9.98. The minimum absolute atomic E-state index is 0.0459. The topological polar surface area (TPSA) is 69.0 Å². The first-order valence-corrected chi connectivity index (χ1v) is 12.5. The van der Waals surface area contributed by atoms with Crippen LogP contribution in [0.1, 0.15) is 62.5 Å². The van der Waals surface area contributed by atoms with Crippen molar-refractivity contribution in [2.45, 2.75) is 69.5 Å². The number of amides is 1. The molecule has 1 atom stereocenters. The van der Waals surface area contributed by atoms with Gasteiger partial charge in [0.1, 0.15) is 12.4 Å². The number of halogens is 1. The Morgan fingerprint density at radius 1 is 1.18 bits per heavy atom. The first kappa shape index (κ1) is 23.6. The highest BCUT2D eigenvalue weighted by molar-refractivity contribution is 8.00. The summed E-state index contributed by atoms with van der Waals surface area (Å²) in [5, 5.41) is 12.9. The van der Waals surface area contributed by atoms with Crippen LogP contribution in [0.3, 0.4) is 0 Å². The van der Waals surface area contributed by atoms with Crippen molar-refractivity contribution in [3.63, 3.8) is 0 Å². The second-order valence-corrected chi connectivity index (χ2v) is 10.4. The summed E-state index contributed by atoms with van der Waals surface area (Å²) in [6, 6.07) is 13.9. The molecule has 1 aromatic heterocycles. The predicted octanol–water partition coefficient (Wildman–Crippen LogP) is 6.40. The number of hydrogen-bond donors (Lipinski definition) is 1. The van der Waals surface area contributed by atoms with Crippen LogP contribution < -0.4 is 10.1 Å². The number of rotatable bonds is 9. The fraction of sp³-hybridized carbons (Fsp3) is 0.400. The molecule has 4 rings (SSSR count). The molecule has 0 aliphatic heterocycles. The Hall–Kier alpha value is -2.51. The van der Waals surface area contributed by atoms with Gasteiger partial charge in [-0.2, -0.15) is 0 Å². The van der Waals surface area contributed by atoms with Crippen LogP contribution in [0.15, 0.2) is 47.6 Å². The molecule has 33 heavy (non-hydrogen) atoms. The predicted molar refractivity (Wildman–Crippen MR) is 133 cm³/mol. The number of anilines is 1. The van der Waals surface area contributed by atoms with E-state index in [1.807, 2.05) is 44.2 Å². The zero-order valence-corrected chi connectivity index (χ0v) is 20.9. The average Bonchev–Trinajstić information content (AvgIpc) is 3.55. The minimum atomic E-state index is -0.330. The fourth-order valence-corrected chi connectivity index (χ4v) is 4.80. The van der Waals surface area contributed by atoms with Gasteiger partial charge in [0, 0.05) is 11.7 Å². The van der Waals surface area contributed by atoms with Gasteiger partial charge in [-0.1, -0.05) is 67.5 Å². The van der Waals surface area contributed by atoms with Gasteiger partial charge in [-0.15, -0.1) is 10.2 Å². The van der Waals surface area contributed by atoms with Crippen molar-refractivity contribution in [2.24, 2.45) is 0 Å². The number of nitrogens with one attached hydrogen (secondary N) is 1. The number of aryl methyl sites for hydroxylation is 1. The average molecular weight is 485 g/mol. The summed E-state index contributed by atoms with van der Waals surface area (Å²) in [6.07, 6.45) is 2.15. The molecule has 1 aliphatic rings. The van der Waals surface area contributed by atoms with E-state index in [1.165, 1.54) is 11.8 Å². The van der Waals surface area contributed by atoms with Crippen LogP contribution in [0.25, 0.3) is 0 Å². The van der Waals surface area contributed by atoms with Crippen molar-refractivity contribution >= 4 is 35.0 Å². The van der Waals surface area contributed by atoms with Crippen LogP contribution in [-0.4, -0.2) is 25.9 Å². The highest BCUT2D eigenvalue weighted by Crippen LogP contribution is 2.40. The van der Waals surface area contributed by atoms with Crippen molar-refractivity contribution in [3.8, 4) is 5.75 Å². The molecule has 3 aromatic rings. The summed E-state index contributed by atoms with van der Waals surface area (Å²) in [5.74, 6) is 1.64. The van der Waals surface area contributed by atoms with Gasteiger partial charge >= 0.3 is 0 Å². The number of hydrogen-bond acceptors (Lipinski definition) is 5. The van der Waals surface area contributed by atoms with Crippen LogP contribution >= 0.6 is 23.4 Å². The molecule has 0 bridgehead atoms. The second-order valence-electron chi connectivity index (χ2n) is 8.66. The quantitative estimate of drug-likeness (QED) is 0.356. The smallest absolute Gasteiger partial charge is 0.237 e. The van der Waals surface area contributed by atoms with Gasteiger partial charge in [-0.3, -0.25) is 9.36 Å². The molecular formula is C25H29ClN4O2S. The Bertz CT molecular complexity index is 1140. The Labute approximate surface area is 204 Å². The Kier molecular flexibility index (Phi) is 7.29. The molecule has 1 unspecified atom stereocenters. The monoisotopic (exact) mass is 484 g/mol. The molecule has 0 spiro atoms. The molecule has 1 saturated carbocycles. The summed E-state index contributed by atoms with van der Waals surface area (Å²) >= 11 is 7.63. The summed E-state index contributed by atoms with van der Waals surface area (Å²) in [6.45, 7) is 8.46.